The van der Waals surface area contributed by atoms with Crippen molar-refractivity contribution in [3.63, 3.8) is 0 Å². The van der Waals surface area contributed by atoms with E-state index in [2.05, 4.69) is 29.7 Å². The first-order valence-corrected chi connectivity index (χ1v) is 6.76. The predicted octanol–water partition coefficient (Wildman–Crippen LogP) is 1.38. The fraction of sp³-hybridized carbons (Fsp3) is 0.533. The normalized spacial score (nSPS) is 18.0. The fourth-order valence-electron chi connectivity index (χ4n) is 2.40. The van der Waals surface area contributed by atoms with Gasteiger partial charge < -0.3 is 15.4 Å². The molecule has 1 aliphatic heterocycles. The van der Waals surface area contributed by atoms with E-state index in [0.717, 1.165) is 31.5 Å². The minimum atomic E-state index is -0.657. The molecule has 19 heavy (non-hydrogen) atoms. The highest BCUT2D eigenvalue weighted by Crippen LogP contribution is 2.22. The van der Waals surface area contributed by atoms with E-state index in [1.54, 1.807) is 7.11 Å². The van der Waals surface area contributed by atoms with Crippen LogP contribution in [0.2, 0.25) is 0 Å². The zero-order valence-corrected chi connectivity index (χ0v) is 11.7. The highest BCUT2D eigenvalue weighted by molar-refractivity contribution is 5.85. The molecule has 1 aromatic carbocycles. The van der Waals surface area contributed by atoms with E-state index in [1.165, 1.54) is 5.56 Å². The van der Waals surface area contributed by atoms with Gasteiger partial charge >= 0.3 is 0 Å². The molecule has 1 saturated heterocycles. The van der Waals surface area contributed by atoms with Crippen LogP contribution in [-0.2, 0) is 16.1 Å². The van der Waals surface area contributed by atoms with E-state index < -0.39 is 5.60 Å². The van der Waals surface area contributed by atoms with Gasteiger partial charge in [-0.05, 0) is 38.4 Å². The van der Waals surface area contributed by atoms with Gasteiger partial charge in [-0.2, -0.15) is 0 Å². The van der Waals surface area contributed by atoms with Gasteiger partial charge in [0, 0.05) is 13.7 Å². The van der Waals surface area contributed by atoms with Gasteiger partial charge in [0.2, 0.25) is 0 Å². The van der Waals surface area contributed by atoms with Gasteiger partial charge in [-0.1, -0.05) is 29.8 Å². The number of nitrogens with one attached hydrogen (secondary N) is 2. The lowest BCUT2D eigenvalue weighted by atomic mass is 9.91. The first-order chi connectivity index (χ1) is 9.16. The minimum Gasteiger partial charge on any atom is -0.368 e. The molecule has 4 heteroatoms. The van der Waals surface area contributed by atoms with Gasteiger partial charge in [0.1, 0.15) is 5.60 Å². The van der Waals surface area contributed by atoms with E-state index in [0.29, 0.717) is 6.54 Å². The van der Waals surface area contributed by atoms with E-state index in [9.17, 15) is 4.79 Å². The van der Waals surface area contributed by atoms with Crippen LogP contribution in [0.25, 0.3) is 0 Å². The average molecular weight is 262 g/mol. The van der Waals surface area contributed by atoms with Crippen molar-refractivity contribution < 1.29 is 9.53 Å². The number of ether oxygens (including phenoxy) is 1. The van der Waals surface area contributed by atoms with Gasteiger partial charge in [-0.15, -0.1) is 0 Å². The molecule has 0 aliphatic carbocycles. The summed E-state index contributed by atoms with van der Waals surface area (Å²) < 4.78 is 5.50. The molecule has 1 heterocycles. The van der Waals surface area contributed by atoms with Crippen LogP contribution in [0.5, 0.6) is 0 Å². The van der Waals surface area contributed by atoms with Crippen LogP contribution in [0, 0.1) is 6.92 Å². The second-order valence-electron chi connectivity index (χ2n) is 5.12. The summed E-state index contributed by atoms with van der Waals surface area (Å²) in [5, 5.41) is 6.24. The second-order valence-corrected chi connectivity index (χ2v) is 5.12. The number of piperidine rings is 1. The molecule has 1 fully saturated rings. The van der Waals surface area contributed by atoms with Crippen LogP contribution in [0.1, 0.15) is 24.0 Å². The average Bonchev–Trinajstić information content (AvgIpc) is 2.47. The predicted molar refractivity (Wildman–Crippen MR) is 74.9 cm³/mol. The second kappa shape index (κ2) is 6.17. The summed E-state index contributed by atoms with van der Waals surface area (Å²) in [5.41, 5.74) is 1.68. The monoisotopic (exact) mass is 262 g/mol. The van der Waals surface area contributed by atoms with Crippen molar-refractivity contribution >= 4 is 5.91 Å². The third-order valence-corrected chi connectivity index (χ3v) is 3.79. The van der Waals surface area contributed by atoms with Gasteiger partial charge in [-0.25, -0.2) is 0 Å². The number of hydrogen-bond acceptors (Lipinski definition) is 3. The number of hydrogen-bond donors (Lipinski definition) is 2. The number of aryl methyl sites for hydroxylation is 1. The van der Waals surface area contributed by atoms with E-state index in [-0.39, 0.29) is 5.91 Å². The molecule has 0 saturated carbocycles. The Morgan fingerprint density at radius 2 is 1.95 bits per heavy atom. The highest BCUT2D eigenvalue weighted by Gasteiger charge is 2.39. The summed E-state index contributed by atoms with van der Waals surface area (Å²) in [6, 6.07) is 8.19. The molecule has 2 rings (SSSR count). The van der Waals surface area contributed by atoms with E-state index in [4.69, 9.17) is 4.74 Å². The van der Waals surface area contributed by atoms with Crippen molar-refractivity contribution in [2.75, 3.05) is 20.2 Å². The van der Waals surface area contributed by atoms with Gasteiger partial charge in [-0.3, -0.25) is 4.79 Å². The molecule has 0 atom stereocenters. The number of methoxy groups -OCH3 is 1. The van der Waals surface area contributed by atoms with Crippen molar-refractivity contribution in [1.29, 1.82) is 0 Å². The molecule has 0 spiro atoms. The van der Waals surface area contributed by atoms with E-state index in [1.807, 2.05) is 12.1 Å². The van der Waals surface area contributed by atoms with Crippen LogP contribution < -0.4 is 10.6 Å². The maximum absolute atomic E-state index is 12.3. The Bertz CT molecular complexity index is 422. The number of amides is 1. The topological polar surface area (TPSA) is 50.4 Å². The van der Waals surface area contributed by atoms with Crippen molar-refractivity contribution in [1.82, 2.24) is 10.6 Å². The summed E-state index contributed by atoms with van der Waals surface area (Å²) in [6.45, 7) is 4.26. The standard InChI is InChI=1S/C15H22N2O2/c1-12-3-5-13(6-4-12)11-17-14(18)15(19-2)7-9-16-10-8-15/h3-6,16H,7-11H2,1-2H3,(H,17,18). The Morgan fingerprint density at radius 1 is 1.32 bits per heavy atom. The molecular formula is C15H22N2O2. The Balaban J connectivity index is 1.94. The Kier molecular flexibility index (Phi) is 4.56. The lowest BCUT2D eigenvalue weighted by Crippen LogP contribution is -2.53. The molecule has 0 radical (unpaired) electrons. The third-order valence-electron chi connectivity index (χ3n) is 3.79. The molecular weight excluding hydrogens is 240 g/mol. The molecule has 0 aromatic heterocycles. The lowest BCUT2D eigenvalue weighted by molar-refractivity contribution is -0.146. The molecule has 0 unspecified atom stereocenters. The molecule has 1 aromatic rings. The first-order valence-electron chi connectivity index (χ1n) is 6.76. The van der Waals surface area contributed by atoms with Gasteiger partial charge in [0.05, 0.1) is 0 Å². The largest absolute Gasteiger partial charge is 0.368 e. The summed E-state index contributed by atoms with van der Waals surface area (Å²) in [5.74, 6) is -0.00271. The quantitative estimate of drug-likeness (QED) is 0.862. The fourth-order valence-corrected chi connectivity index (χ4v) is 2.40. The third kappa shape index (κ3) is 3.33. The van der Waals surface area contributed by atoms with Crippen LogP contribution in [0.4, 0.5) is 0 Å². The minimum absolute atomic E-state index is 0.00271. The zero-order valence-electron chi connectivity index (χ0n) is 11.7. The Hall–Kier alpha value is -1.39. The maximum Gasteiger partial charge on any atom is 0.252 e. The Labute approximate surface area is 114 Å². The molecule has 1 amide bonds. The summed E-state index contributed by atoms with van der Waals surface area (Å²) >= 11 is 0. The summed E-state index contributed by atoms with van der Waals surface area (Å²) in [7, 11) is 1.62. The number of rotatable bonds is 4. The molecule has 2 N–H and O–H groups in total. The zero-order chi connectivity index (χ0) is 13.7. The maximum atomic E-state index is 12.3. The van der Waals surface area contributed by atoms with Crippen LogP contribution in [0.15, 0.2) is 24.3 Å². The van der Waals surface area contributed by atoms with Crippen molar-refractivity contribution in [2.24, 2.45) is 0 Å². The molecule has 4 nitrogen and oxygen atoms in total. The molecule has 0 bridgehead atoms. The SMILES string of the molecule is COC1(C(=O)NCc2ccc(C)cc2)CCNCC1. The lowest BCUT2D eigenvalue weighted by Gasteiger charge is -2.34. The van der Waals surface area contributed by atoms with Gasteiger partial charge in [0.25, 0.3) is 5.91 Å². The van der Waals surface area contributed by atoms with E-state index >= 15 is 0 Å². The smallest absolute Gasteiger partial charge is 0.252 e. The van der Waals surface area contributed by atoms with Crippen LogP contribution in [-0.4, -0.2) is 31.7 Å². The number of benzene rings is 1. The summed E-state index contributed by atoms with van der Waals surface area (Å²) in [4.78, 5) is 12.3. The number of carbonyl (C=O) groups excluding carboxylic acids is 1. The summed E-state index contributed by atoms with van der Waals surface area (Å²) in [6.07, 6.45) is 1.45. The molecule has 104 valence electrons. The van der Waals surface area contributed by atoms with Crippen LogP contribution in [0.3, 0.4) is 0 Å². The van der Waals surface area contributed by atoms with Crippen molar-refractivity contribution in [2.45, 2.75) is 31.9 Å². The van der Waals surface area contributed by atoms with Gasteiger partial charge in [0.15, 0.2) is 0 Å². The number of carbonyl (C=O) groups is 1. The first kappa shape index (κ1) is 14.0. The van der Waals surface area contributed by atoms with Crippen molar-refractivity contribution in [3.05, 3.63) is 35.4 Å². The van der Waals surface area contributed by atoms with Crippen molar-refractivity contribution in [3.8, 4) is 0 Å². The van der Waals surface area contributed by atoms with Crippen LogP contribution >= 0.6 is 0 Å². The Morgan fingerprint density at radius 3 is 2.53 bits per heavy atom. The molecule has 1 aliphatic rings. The highest BCUT2D eigenvalue weighted by atomic mass is 16.5.